The number of anilines is 1. The second-order valence-electron chi connectivity index (χ2n) is 4.48. The number of nitrogens with two attached hydrogens (primary N) is 1. The Hall–Kier alpha value is -1.91. The third-order valence-corrected chi connectivity index (χ3v) is 3.24. The number of carbonyl (C=O) groups is 2. The van der Waals surface area contributed by atoms with Gasteiger partial charge in [-0.3, -0.25) is 9.59 Å². The second kappa shape index (κ2) is 4.76. The molecule has 0 aliphatic carbocycles. The fourth-order valence-corrected chi connectivity index (χ4v) is 2.31. The Kier molecular flexibility index (Phi) is 3.32. The maximum Gasteiger partial charge on any atom is 0.240 e. The Labute approximate surface area is 105 Å². The smallest absolute Gasteiger partial charge is 0.240 e. The summed E-state index contributed by atoms with van der Waals surface area (Å²) in [5.74, 6) is -1.12. The molecule has 1 aliphatic rings. The van der Waals surface area contributed by atoms with Gasteiger partial charge in [0.2, 0.25) is 5.91 Å². The van der Waals surface area contributed by atoms with E-state index in [9.17, 15) is 14.0 Å². The Morgan fingerprint density at radius 3 is 2.72 bits per heavy atom. The molecule has 0 bridgehead atoms. The van der Waals surface area contributed by atoms with Crippen LogP contribution in [0.2, 0.25) is 0 Å². The van der Waals surface area contributed by atoms with E-state index in [1.807, 2.05) is 0 Å². The number of benzene rings is 1. The minimum absolute atomic E-state index is 0.187. The molecule has 2 rings (SSSR count). The quantitative estimate of drug-likeness (QED) is 0.826. The van der Waals surface area contributed by atoms with Crippen LogP contribution in [0.3, 0.4) is 0 Å². The van der Waals surface area contributed by atoms with Crippen LogP contribution < -0.4 is 10.6 Å². The first-order chi connectivity index (χ1) is 8.50. The Morgan fingerprint density at radius 1 is 1.44 bits per heavy atom. The number of rotatable bonds is 3. The lowest BCUT2D eigenvalue weighted by Gasteiger charge is -2.24. The van der Waals surface area contributed by atoms with Crippen molar-refractivity contribution in [2.45, 2.75) is 25.8 Å². The molecule has 1 atom stereocenters. The third kappa shape index (κ3) is 2.20. The maximum absolute atomic E-state index is 14.0. The van der Waals surface area contributed by atoms with Gasteiger partial charge in [0.05, 0.1) is 5.69 Å². The van der Waals surface area contributed by atoms with Gasteiger partial charge in [-0.25, -0.2) is 4.39 Å². The second-order valence-corrected chi connectivity index (χ2v) is 4.48. The van der Waals surface area contributed by atoms with Crippen LogP contribution in [0.25, 0.3) is 0 Å². The zero-order valence-electron chi connectivity index (χ0n) is 10.1. The van der Waals surface area contributed by atoms with E-state index < -0.39 is 17.8 Å². The molecular weight excluding hydrogens is 235 g/mol. The van der Waals surface area contributed by atoms with Crippen molar-refractivity contribution in [1.29, 1.82) is 0 Å². The SMILES string of the molecule is CC(=O)c1ccc(N2CCCC2C(N)=O)c(F)c1. The fraction of sp³-hybridized carbons (Fsp3) is 0.385. The van der Waals surface area contributed by atoms with Gasteiger partial charge in [-0.05, 0) is 38.0 Å². The predicted molar refractivity (Wildman–Crippen MR) is 66.0 cm³/mol. The highest BCUT2D eigenvalue weighted by Gasteiger charge is 2.30. The zero-order chi connectivity index (χ0) is 13.3. The molecule has 1 amide bonds. The first-order valence-corrected chi connectivity index (χ1v) is 5.87. The van der Waals surface area contributed by atoms with Crippen molar-refractivity contribution in [2.75, 3.05) is 11.4 Å². The summed E-state index contributed by atoms with van der Waals surface area (Å²) < 4.78 is 14.0. The summed E-state index contributed by atoms with van der Waals surface area (Å²) >= 11 is 0. The van der Waals surface area contributed by atoms with Gasteiger partial charge < -0.3 is 10.6 Å². The molecule has 0 radical (unpaired) electrons. The molecule has 0 saturated carbocycles. The number of amides is 1. The standard InChI is InChI=1S/C13H15FN2O2/c1-8(17)9-4-5-11(10(14)7-9)16-6-2-3-12(16)13(15)18/h4-5,7,12H,2-3,6H2,1H3,(H2,15,18). The van der Waals surface area contributed by atoms with Crippen molar-refractivity contribution in [3.8, 4) is 0 Å². The molecule has 5 heteroatoms. The molecule has 1 fully saturated rings. The lowest BCUT2D eigenvalue weighted by molar-refractivity contribution is -0.119. The number of hydrogen-bond acceptors (Lipinski definition) is 3. The normalized spacial score (nSPS) is 19.0. The van der Waals surface area contributed by atoms with E-state index in [0.29, 0.717) is 24.2 Å². The molecule has 96 valence electrons. The first kappa shape index (κ1) is 12.5. The average molecular weight is 250 g/mol. The van der Waals surface area contributed by atoms with Gasteiger partial charge in [0, 0.05) is 12.1 Å². The first-order valence-electron chi connectivity index (χ1n) is 5.87. The number of nitrogens with zero attached hydrogens (tertiary/aromatic N) is 1. The van der Waals surface area contributed by atoms with Crippen LogP contribution in [0.5, 0.6) is 0 Å². The molecule has 2 N–H and O–H groups in total. The number of ketones is 1. The Bertz CT molecular complexity index is 502. The zero-order valence-corrected chi connectivity index (χ0v) is 10.1. The van der Waals surface area contributed by atoms with Crippen LogP contribution >= 0.6 is 0 Å². The van der Waals surface area contributed by atoms with Crippen molar-refractivity contribution in [3.05, 3.63) is 29.6 Å². The lowest BCUT2D eigenvalue weighted by atomic mass is 10.1. The van der Waals surface area contributed by atoms with Crippen molar-refractivity contribution < 1.29 is 14.0 Å². The topological polar surface area (TPSA) is 63.4 Å². The van der Waals surface area contributed by atoms with Crippen LogP contribution in [0.4, 0.5) is 10.1 Å². The highest BCUT2D eigenvalue weighted by molar-refractivity contribution is 5.94. The van der Waals surface area contributed by atoms with Gasteiger partial charge in [-0.2, -0.15) is 0 Å². The Balaban J connectivity index is 2.33. The summed E-state index contributed by atoms with van der Waals surface area (Å²) in [7, 11) is 0. The lowest BCUT2D eigenvalue weighted by Crippen LogP contribution is -2.40. The van der Waals surface area contributed by atoms with E-state index in [1.54, 1.807) is 11.0 Å². The summed E-state index contributed by atoms with van der Waals surface area (Å²) in [5.41, 5.74) is 5.96. The van der Waals surface area contributed by atoms with E-state index in [1.165, 1.54) is 19.1 Å². The van der Waals surface area contributed by atoms with E-state index in [4.69, 9.17) is 5.73 Å². The summed E-state index contributed by atoms with van der Waals surface area (Å²) in [6.07, 6.45) is 1.45. The third-order valence-electron chi connectivity index (χ3n) is 3.24. The molecule has 1 unspecified atom stereocenters. The summed E-state index contributed by atoms with van der Waals surface area (Å²) in [6, 6.07) is 3.85. The fourth-order valence-electron chi connectivity index (χ4n) is 2.31. The molecule has 1 aromatic carbocycles. The molecule has 4 nitrogen and oxygen atoms in total. The van der Waals surface area contributed by atoms with E-state index >= 15 is 0 Å². The van der Waals surface area contributed by atoms with Gasteiger partial charge in [0.15, 0.2) is 5.78 Å². The number of hydrogen-bond donors (Lipinski definition) is 1. The van der Waals surface area contributed by atoms with E-state index in [0.717, 1.165) is 6.42 Å². The molecule has 1 heterocycles. The average Bonchev–Trinajstić information content (AvgIpc) is 2.77. The monoisotopic (exact) mass is 250 g/mol. The number of Topliss-reactive ketones (excluding diaryl/α,β-unsaturated/α-hetero) is 1. The Morgan fingerprint density at radius 2 is 2.17 bits per heavy atom. The molecule has 0 spiro atoms. The molecule has 18 heavy (non-hydrogen) atoms. The minimum atomic E-state index is -0.490. The van der Waals surface area contributed by atoms with Crippen LogP contribution in [-0.4, -0.2) is 24.3 Å². The maximum atomic E-state index is 14.0. The van der Waals surface area contributed by atoms with Crippen molar-refractivity contribution in [3.63, 3.8) is 0 Å². The van der Waals surface area contributed by atoms with E-state index in [2.05, 4.69) is 0 Å². The van der Waals surface area contributed by atoms with Gasteiger partial charge in [-0.15, -0.1) is 0 Å². The van der Waals surface area contributed by atoms with Gasteiger partial charge in [0.1, 0.15) is 11.9 Å². The summed E-state index contributed by atoms with van der Waals surface area (Å²) in [4.78, 5) is 24.1. The predicted octanol–water partition coefficient (Wildman–Crippen LogP) is 1.48. The van der Waals surface area contributed by atoms with E-state index in [-0.39, 0.29) is 5.78 Å². The van der Waals surface area contributed by atoms with Crippen LogP contribution in [-0.2, 0) is 4.79 Å². The molecular formula is C13H15FN2O2. The summed E-state index contributed by atoms with van der Waals surface area (Å²) in [6.45, 7) is 1.99. The van der Waals surface area contributed by atoms with Gasteiger partial charge >= 0.3 is 0 Å². The summed E-state index contributed by atoms with van der Waals surface area (Å²) in [5, 5.41) is 0. The molecule has 1 aliphatic heterocycles. The molecule has 0 aromatic heterocycles. The van der Waals surface area contributed by atoms with Gasteiger partial charge in [0.25, 0.3) is 0 Å². The molecule has 1 aromatic rings. The minimum Gasteiger partial charge on any atom is -0.368 e. The van der Waals surface area contributed by atoms with Crippen LogP contribution in [0.1, 0.15) is 30.1 Å². The van der Waals surface area contributed by atoms with Crippen molar-refractivity contribution in [1.82, 2.24) is 0 Å². The largest absolute Gasteiger partial charge is 0.368 e. The number of carbonyl (C=O) groups excluding carboxylic acids is 2. The highest BCUT2D eigenvalue weighted by Crippen LogP contribution is 2.28. The highest BCUT2D eigenvalue weighted by atomic mass is 19.1. The van der Waals surface area contributed by atoms with Crippen LogP contribution in [0, 0.1) is 5.82 Å². The van der Waals surface area contributed by atoms with Crippen molar-refractivity contribution in [2.24, 2.45) is 5.73 Å². The number of halogens is 1. The number of primary amides is 1. The van der Waals surface area contributed by atoms with Crippen LogP contribution in [0.15, 0.2) is 18.2 Å². The van der Waals surface area contributed by atoms with Crippen molar-refractivity contribution >= 4 is 17.4 Å². The molecule has 1 saturated heterocycles. The van der Waals surface area contributed by atoms with Gasteiger partial charge in [-0.1, -0.05) is 0 Å².